The van der Waals surface area contributed by atoms with Gasteiger partial charge in [-0.1, -0.05) is 53.6 Å². The summed E-state index contributed by atoms with van der Waals surface area (Å²) in [5, 5.41) is 7.48. The Morgan fingerprint density at radius 3 is 1.89 bits per heavy atom. The molecule has 3 rings (SSSR count). The second-order valence-electron chi connectivity index (χ2n) is 4.45. The zero-order chi connectivity index (χ0) is 13.1. The molecule has 0 N–H and O–H groups in total. The monoisotopic (exact) mass is 248 g/mol. The summed E-state index contributed by atoms with van der Waals surface area (Å²) in [6, 6.07) is 16.3. The number of hydrogen-bond acceptors (Lipinski definition) is 3. The number of aryl methyl sites for hydroxylation is 2. The predicted octanol–water partition coefficient (Wildman–Crippen LogP) is 2.87. The van der Waals surface area contributed by atoms with Gasteiger partial charge in [0.25, 0.3) is 6.08 Å². The Morgan fingerprint density at radius 1 is 0.842 bits per heavy atom. The van der Waals surface area contributed by atoms with E-state index in [4.69, 9.17) is 0 Å². The Kier molecular flexibility index (Phi) is 3.05. The fourth-order valence-corrected chi connectivity index (χ4v) is 2.53. The molecule has 0 radical (unpaired) electrons. The summed E-state index contributed by atoms with van der Waals surface area (Å²) in [5.41, 5.74) is 5.32. The molecule has 1 aliphatic carbocycles. The molecule has 0 spiro atoms. The first-order valence-corrected chi connectivity index (χ1v) is 6.21. The van der Waals surface area contributed by atoms with Gasteiger partial charge in [-0.3, -0.25) is 0 Å². The van der Waals surface area contributed by atoms with Crippen molar-refractivity contribution in [3.8, 4) is 0 Å². The number of hydrogen-bond donors (Lipinski definition) is 0. The van der Waals surface area contributed by atoms with Crippen molar-refractivity contribution in [3.05, 3.63) is 70.8 Å². The number of carbonyl (C=O) groups excluding carboxylic acids is 1. The lowest BCUT2D eigenvalue weighted by Gasteiger charge is -2.08. The van der Waals surface area contributed by atoms with E-state index in [2.05, 4.69) is 22.3 Å². The van der Waals surface area contributed by atoms with Gasteiger partial charge in [-0.2, -0.15) is 0 Å². The number of isocyanates is 1. The maximum absolute atomic E-state index is 10.4. The second-order valence-corrected chi connectivity index (χ2v) is 4.45. The molecule has 0 aliphatic heterocycles. The van der Waals surface area contributed by atoms with E-state index in [0.717, 1.165) is 29.7 Å². The van der Waals surface area contributed by atoms with E-state index in [1.54, 1.807) is 0 Å². The fraction of sp³-hybridized carbons (Fsp3) is 0.125. The van der Waals surface area contributed by atoms with Crippen molar-refractivity contribution >= 4 is 11.8 Å². The zero-order valence-corrected chi connectivity index (χ0v) is 10.3. The van der Waals surface area contributed by atoms with Crippen LogP contribution in [-0.4, -0.2) is 11.8 Å². The molecule has 2 aromatic rings. The van der Waals surface area contributed by atoms with Crippen LogP contribution in [0.25, 0.3) is 0 Å². The van der Waals surface area contributed by atoms with Gasteiger partial charge >= 0.3 is 0 Å². The lowest BCUT2D eigenvalue weighted by molar-refractivity contribution is 0.563. The lowest BCUT2D eigenvalue weighted by Crippen LogP contribution is -2.05. The van der Waals surface area contributed by atoms with Crippen LogP contribution >= 0.6 is 0 Å². The summed E-state index contributed by atoms with van der Waals surface area (Å²) in [6.07, 6.45) is 3.42. The number of benzene rings is 2. The maximum Gasteiger partial charge on any atom is 0.260 e. The summed E-state index contributed by atoms with van der Waals surface area (Å²) >= 11 is 0. The van der Waals surface area contributed by atoms with E-state index in [-0.39, 0.29) is 0 Å². The van der Waals surface area contributed by atoms with Crippen molar-refractivity contribution < 1.29 is 4.79 Å². The van der Waals surface area contributed by atoms with Gasteiger partial charge in [-0.15, -0.1) is 5.10 Å². The van der Waals surface area contributed by atoms with E-state index in [0.29, 0.717) is 0 Å². The standard InChI is InChI=1S/C16H12N2O/c19-11-17-18-16-14-7-3-1-5-12(14)9-10-13-6-2-4-8-15(13)16/h1-8H,9-10H2. The van der Waals surface area contributed by atoms with Crippen LogP contribution in [0.2, 0.25) is 0 Å². The van der Waals surface area contributed by atoms with Gasteiger partial charge in [-0.25, -0.2) is 4.79 Å². The largest absolute Gasteiger partial charge is 0.260 e. The lowest BCUT2D eigenvalue weighted by atomic mass is 9.98. The highest BCUT2D eigenvalue weighted by molar-refractivity contribution is 6.15. The van der Waals surface area contributed by atoms with E-state index in [1.807, 2.05) is 36.4 Å². The van der Waals surface area contributed by atoms with Gasteiger partial charge in [0.2, 0.25) is 0 Å². The van der Waals surface area contributed by atoms with Gasteiger partial charge in [0, 0.05) is 11.1 Å². The summed E-state index contributed by atoms with van der Waals surface area (Å²) < 4.78 is 0. The first-order chi connectivity index (χ1) is 9.40. The molecule has 0 fully saturated rings. The van der Waals surface area contributed by atoms with Gasteiger partial charge in [0.15, 0.2) is 0 Å². The van der Waals surface area contributed by atoms with Crippen LogP contribution in [0.1, 0.15) is 22.3 Å². The van der Waals surface area contributed by atoms with Crippen molar-refractivity contribution in [3.63, 3.8) is 0 Å². The van der Waals surface area contributed by atoms with Gasteiger partial charge < -0.3 is 0 Å². The topological polar surface area (TPSA) is 41.8 Å². The van der Waals surface area contributed by atoms with Crippen LogP contribution in [0, 0.1) is 0 Å². The highest BCUT2D eigenvalue weighted by Gasteiger charge is 2.18. The maximum atomic E-state index is 10.4. The Morgan fingerprint density at radius 2 is 1.37 bits per heavy atom. The van der Waals surface area contributed by atoms with Gasteiger partial charge in [0.05, 0.1) is 0 Å². The van der Waals surface area contributed by atoms with E-state index >= 15 is 0 Å². The smallest absolute Gasteiger partial charge is 0.209 e. The van der Waals surface area contributed by atoms with Crippen LogP contribution in [0.3, 0.4) is 0 Å². The average Bonchev–Trinajstić information content (AvgIpc) is 2.62. The van der Waals surface area contributed by atoms with E-state index in [9.17, 15) is 4.79 Å². The summed E-state index contributed by atoms with van der Waals surface area (Å²) in [6.45, 7) is 0. The molecule has 3 heteroatoms. The molecule has 1 aliphatic rings. The van der Waals surface area contributed by atoms with Crippen molar-refractivity contribution in [1.29, 1.82) is 0 Å². The quantitative estimate of drug-likeness (QED) is 0.434. The molecule has 92 valence electrons. The van der Waals surface area contributed by atoms with Gasteiger partial charge in [-0.05, 0) is 24.0 Å². The minimum Gasteiger partial charge on any atom is -0.209 e. The number of fused-ring (bicyclic) bond motifs is 2. The SMILES string of the molecule is O=C=NN=C1c2ccccc2CCc2ccccc21. The zero-order valence-electron chi connectivity index (χ0n) is 10.3. The normalized spacial score (nSPS) is 12.7. The molecule has 0 amide bonds. The molecule has 0 bridgehead atoms. The molecule has 0 aromatic heterocycles. The fourth-order valence-electron chi connectivity index (χ4n) is 2.53. The van der Waals surface area contributed by atoms with Crippen LogP contribution in [0.15, 0.2) is 58.7 Å². The molecule has 0 atom stereocenters. The minimum absolute atomic E-state index is 0.757. The predicted molar refractivity (Wildman–Crippen MR) is 74.1 cm³/mol. The van der Waals surface area contributed by atoms with Crippen LogP contribution < -0.4 is 0 Å². The molecular weight excluding hydrogens is 236 g/mol. The van der Waals surface area contributed by atoms with Crippen molar-refractivity contribution in [2.75, 3.05) is 0 Å². The highest BCUT2D eigenvalue weighted by atomic mass is 16.1. The summed E-state index contributed by atoms with van der Waals surface area (Å²) in [5.74, 6) is 0. The van der Waals surface area contributed by atoms with E-state index in [1.165, 1.54) is 17.2 Å². The minimum atomic E-state index is 0.757. The van der Waals surface area contributed by atoms with Crippen LogP contribution in [0.5, 0.6) is 0 Å². The van der Waals surface area contributed by atoms with E-state index < -0.39 is 0 Å². The molecule has 19 heavy (non-hydrogen) atoms. The number of nitrogens with zero attached hydrogens (tertiary/aromatic N) is 2. The third-order valence-corrected chi connectivity index (χ3v) is 3.40. The molecule has 0 unspecified atom stereocenters. The average molecular weight is 248 g/mol. The molecule has 2 aromatic carbocycles. The highest BCUT2D eigenvalue weighted by Crippen LogP contribution is 2.25. The Bertz CT molecular complexity index is 648. The third-order valence-electron chi connectivity index (χ3n) is 3.40. The molecule has 3 nitrogen and oxygen atoms in total. The van der Waals surface area contributed by atoms with Crippen molar-refractivity contribution in [1.82, 2.24) is 0 Å². The second kappa shape index (κ2) is 5.01. The first kappa shape index (κ1) is 11.6. The van der Waals surface area contributed by atoms with Crippen molar-refractivity contribution in [2.45, 2.75) is 12.8 Å². The molecule has 0 saturated carbocycles. The Labute approximate surface area is 111 Å². The Balaban J connectivity index is 2.28. The van der Waals surface area contributed by atoms with Gasteiger partial charge in [0.1, 0.15) is 5.71 Å². The summed E-state index contributed by atoms with van der Waals surface area (Å²) in [4.78, 5) is 10.4. The molecular formula is C16H12N2O. The van der Waals surface area contributed by atoms with Crippen LogP contribution in [-0.2, 0) is 17.6 Å². The van der Waals surface area contributed by atoms with Crippen LogP contribution in [0.4, 0.5) is 0 Å². The Hall–Kier alpha value is -2.51. The van der Waals surface area contributed by atoms with Crippen molar-refractivity contribution in [2.24, 2.45) is 10.2 Å². The summed E-state index contributed by atoms with van der Waals surface area (Å²) in [7, 11) is 0. The first-order valence-electron chi connectivity index (χ1n) is 6.21. The molecule has 0 heterocycles. The number of rotatable bonds is 1. The molecule has 0 saturated heterocycles. The third kappa shape index (κ3) is 2.12.